The van der Waals surface area contributed by atoms with E-state index in [9.17, 15) is 0 Å². The van der Waals surface area contributed by atoms with Gasteiger partial charge in [0, 0.05) is 10.0 Å². The molecule has 0 unspecified atom stereocenters. The molecule has 3 aromatic rings. The minimum atomic E-state index is 0.119. The monoisotopic (exact) mass is 404 g/mol. The summed E-state index contributed by atoms with van der Waals surface area (Å²) in [5.41, 5.74) is 4.55. The van der Waals surface area contributed by atoms with Gasteiger partial charge in [0.25, 0.3) is 0 Å². The van der Waals surface area contributed by atoms with Gasteiger partial charge in [0.05, 0.1) is 30.0 Å². The summed E-state index contributed by atoms with van der Waals surface area (Å²) in [6.45, 7) is 0.639. The fourth-order valence-corrected chi connectivity index (χ4v) is 4.08. The van der Waals surface area contributed by atoms with E-state index in [-0.39, 0.29) is 12.0 Å². The van der Waals surface area contributed by atoms with Crippen LogP contribution in [0.15, 0.2) is 88.4 Å². The number of nitrogens with zero attached hydrogens (tertiary/aromatic N) is 2. The van der Waals surface area contributed by atoms with Crippen molar-refractivity contribution in [1.29, 1.82) is 0 Å². The molecule has 0 bridgehead atoms. The van der Waals surface area contributed by atoms with Crippen molar-refractivity contribution in [3.63, 3.8) is 0 Å². The standard InChI is InChI=1S/C22H17BrN2O/c23-16-12-10-15(11-13-16)22-19-14-26-20-9-5-4-8-18(20)21(19)24-25(22)17-6-2-1-3-7-17/h1-13,19,22H,14H2/t19-,22+/m1/s1. The SMILES string of the molecule is Brc1ccc([C@H]2[C@@H]3COc4ccccc4C3=NN2c2ccccc2)cc1. The van der Waals surface area contributed by atoms with Crippen molar-refractivity contribution in [2.24, 2.45) is 11.0 Å². The number of halogens is 1. The van der Waals surface area contributed by atoms with Crippen molar-refractivity contribution >= 4 is 27.3 Å². The van der Waals surface area contributed by atoms with Gasteiger partial charge in [0.2, 0.25) is 0 Å². The van der Waals surface area contributed by atoms with Crippen LogP contribution in [0, 0.1) is 5.92 Å². The summed E-state index contributed by atoms with van der Waals surface area (Å²) in [5, 5.41) is 7.21. The topological polar surface area (TPSA) is 24.8 Å². The summed E-state index contributed by atoms with van der Waals surface area (Å²) in [6.07, 6.45) is 0. The Bertz CT molecular complexity index is 969. The Morgan fingerprint density at radius 2 is 1.62 bits per heavy atom. The van der Waals surface area contributed by atoms with Crippen molar-refractivity contribution in [1.82, 2.24) is 0 Å². The summed E-state index contributed by atoms with van der Waals surface area (Å²) in [5.74, 6) is 1.12. The Morgan fingerprint density at radius 3 is 2.42 bits per heavy atom. The molecule has 2 atom stereocenters. The van der Waals surface area contributed by atoms with Crippen LogP contribution in [-0.4, -0.2) is 12.3 Å². The normalized spacial score (nSPS) is 20.8. The molecular formula is C22H17BrN2O. The third-order valence-corrected chi connectivity index (χ3v) is 5.55. The van der Waals surface area contributed by atoms with Gasteiger partial charge in [-0.05, 0) is 42.0 Å². The first-order valence-corrected chi connectivity index (χ1v) is 9.51. The molecule has 0 amide bonds. The number of hydrogen-bond acceptors (Lipinski definition) is 3. The summed E-state index contributed by atoms with van der Waals surface area (Å²) in [4.78, 5) is 0. The van der Waals surface area contributed by atoms with Crippen molar-refractivity contribution in [2.75, 3.05) is 11.6 Å². The van der Waals surface area contributed by atoms with Crippen LogP contribution in [-0.2, 0) is 0 Å². The molecule has 3 aromatic carbocycles. The second-order valence-electron chi connectivity index (χ2n) is 6.58. The Kier molecular flexibility index (Phi) is 3.79. The van der Waals surface area contributed by atoms with Gasteiger partial charge in [0.15, 0.2) is 0 Å². The van der Waals surface area contributed by atoms with E-state index in [1.165, 1.54) is 5.56 Å². The van der Waals surface area contributed by atoms with E-state index >= 15 is 0 Å². The zero-order valence-electron chi connectivity index (χ0n) is 14.0. The van der Waals surface area contributed by atoms with Crippen LogP contribution in [0.3, 0.4) is 0 Å². The lowest BCUT2D eigenvalue weighted by atomic mass is 9.86. The zero-order chi connectivity index (χ0) is 17.5. The van der Waals surface area contributed by atoms with Gasteiger partial charge >= 0.3 is 0 Å². The molecule has 0 spiro atoms. The molecule has 4 heteroatoms. The fraction of sp³-hybridized carbons (Fsp3) is 0.136. The third-order valence-electron chi connectivity index (χ3n) is 5.02. The molecule has 0 fully saturated rings. The van der Waals surface area contributed by atoms with Gasteiger partial charge in [0.1, 0.15) is 5.75 Å². The van der Waals surface area contributed by atoms with E-state index in [4.69, 9.17) is 9.84 Å². The molecule has 3 nitrogen and oxygen atoms in total. The van der Waals surface area contributed by atoms with Gasteiger partial charge in [-0.15, -0.1) is 0 Å². The summed E-state index contributed by atoms with van der Waals surface area (Å²) < 4.78 is 7.16. The highest BCUT2D eigenvalue weighted by molar-refractivity contribution is 9.10. The molecule has 128 valence electrons. The predicted octanol–water partition coefficient (Wildman–Crippen LogP) is 5.42. The molecule has 26 heavy (non-hydrogen) atoms. The maximum absolute atomic E-state index is 6.08. The number of rotatable bonds is 2. The molecule has 0 saturated carbocycles. The Labute approximate surface area is 161 Å². The average Bonchev–Trinajstić information content (AvgIpc) is 3.09. The molecule has 2 heterocycles. The number of ether oxygens (including phenoxy) is 1. The first-order valence-electron chi connectivity index (χ1n) is 8.72. The predicted molar refractivity (Wildman–Crippen MR) is 108 cm³/mol. The molecule has 2 aliphatic heterocycles. The van der Waals surface area contributed by atoms with E-state index in [1.54, 1.807) is 0 Å². The summed E-state index contributed by atoms with van der Waals surface area (Å²) in [6, 6.07) is 27.2. The first kappa shape index (κ1) is 15.6. The van der Waals surface area contributed by atoms with Crippen molar-refractivity contribution in [2.45, 2.75) is 6.04 Å². The Balaban J connectivity index is 1.65. The van der Waals surface area contributed by atoms with Crippen LogP contribution in [0.5, 0.6) is 5.75 Å². The van der Waals surface area contributed by atoms with Crippen LogP contribution in [0.1, 0.15) is 17.2 Å². The van der Waals surface area contributed by atoms with Crippen LogP contribution >= 0.6 is 15.9 Å². The lowest BCUT2D eigenvalue weighted by Gasteiger charge is -2.30. The first-order chi connectivity index (χ1) is 12.8. The molecular weight excluding hydrogens is 388 g/mol. The highest BCUT2D eigenvalue weighted by Crippen LogP contribution is 2.44. The molecule has 0 aromatic heterocycles. The smallest absolute Gasteiger partial charge is 0.128 e. The van der Waals surface area contributed by atoms with Crippen LogP contribution < -0.4 is 9.75 Å². The second kappa shape index (κ2) is 6.29. The quantitative estimate of drug-likeness (QED) is 0.569. The summed E-state index contributed by atoms with van der Waals surface area (Å²) in [7, 11) is 0. The molecule has 5 rings (SSSR count). The van der Waals surface area contributed by atoms with Gasteiger partial charge in [-0.1, -0.05) is 58.4 Å². The minimum absolute atomic E-state index is 0.119. The number of fused-ring (bicyclic) bond motifs is 3. The van der Waals surface area contributed by atoms with E-state index in [2.05, 4.69) is 75.5 Å². The maximum atomic E-state index is 6.08. The van der Waals surface area contributed by atoms with Crippen LogP contribution in [0.2, 0.25) is 0 Å². The summed E-state index contributed by atoms with van der Waals surface area (Å²) >= 11 is 3.54. The number of hydrazone groups is 1. The van der Waals surface area contributed by atoms with Crippen LogP contribution in [0.25, 0.3) is 0 Å². The molecule has 0 N–H and O–H groups in total. The number of hydrogen-bond donors (Lipinski definition) is 0. The molecule has 2 aliphatic rings. The van der Waals surface area contributed by atoms with Gasteiger partial charge in [-0.25, -0.2) is 0 Å². The Morgan fingerprint density at radius 1 is 0.885 bits per heavy atom. The minimum Gasteiger partial charge on any atom is -0.492 e. The second-order valence-corrected chi connectivity index (χ2v) is 7.49. The van der Waals surface area contributed by atoms with E-state index in [1.807, 2.05) is 24.3 Å². The van der Waals surface area contributed by atoms with Gasteiger partial charge in [-0.3, -0.25) is 5.01 Å². The lowest BCUT2D eigenvalue weighted by Crippen LogP contribution is -2.32. The van der Waals surface area contributed by atoms with Crippen molar-refractivity contribution < 1.29 is 4.74 Å². The number of para-hydroxylation sites is 2. The van der Waals surface area contributed by atoms with Gasteiger partial charge < -0.3 is 4.74 Å². The zero-order valence-corrected chi connectivity index (χ0v) is 15.6. The average molecular weight is 405 g/mol. The fourth-order valence-electron chi connectivity index (χ4n) is 3.81. The van der Waals surface area contributed by atoms with E-state index in [0.717, 1.165) is 27.2 Å². The highest BCUT2D eigenvalue weighted by atomic mass is 79.9. The van der Waals surface area contributed by atoms with Crippen molar-refractivity contribution in [3.8, 4) is 5.75 Å². The molecule has 0 radical (unpaired) electrons. The number of anilines is 1. The highest BCUT2D eigenvalue weighted by Gasteiger charge is 2.43. The van der Waals surface area contributed by atoms with E-state index in [0.29, 0.717) is 6.61 Å². The third kappa shape index (κ3) is 2.53. The van der Waals surface area contributed by atoms with Crippen LogP contribution in [0.4, 0.5) is 5.69 Å². The maximum Gasteiger partial charge on any atom is 0.128 e. The largest absolute Gasteiger partial charge is 0.492 e. The molecule has 0 saturated heterocycles. The van der Waals surface area contributed by atoms with Gasteiger partial charge in [-0.2, -0.15) is 5.10 Å². The van der Waals surface area contributed by atoms with Crippen molar-refractivity contribution in [3.05, 3.63) is 94.5 Å². The molecule has 0 aliphatic carbocycles. The lowest BCUT2D eigenvalue weighted by molar-refractivity contribution is 0.260. The Hall–Kier alpha value is -2.59. The van der Waals surface area contributed by atoms with E-state index < -0.39 is 0 Å². The number of benzene rings is 3.